The number of hydrogen-bond acceptors (Lipinski definition) is 5. The lowest BCUT2D eigenvalue weighted by Crippen LogP contribution is -2.45. The molecular formula is C69H129NO5. The van der Waals surface area contributed by atoms with E-state index in [0.29, 0.717) is 19.4 Å². The van der Waals surface area contributed by atoms with Gasteiger partial charge in [-0.1, -0.05) is 306 Å². The second-order valence-electron chi connectivity index (χ2n) is 22.8. The van der Waals surface area contributed by atoms with E-state index in [0.717, 1.165) is 57.8 Å². The van der Waals surface area contributed by atoms with Crippen LogP contribution in [0.1, 0.15) is 354 Å². The Bertz CT molecular complexity index is 1260. The number of aliphatic hydroxyl groups is 2. The minimum absolute atomic E-state index is 0.00972. The minimum Gasteiger partial charge on any atom is -0.466 e. The Morgan fingerprint density at radius 2 is 0.693 bits per heavy atom. The predicted molar refractivity (Wildman–Crippen MR) is 329 cm³/mol. The van der Waals surface area contributed by atoms with Crippen LogP contribution in [0.4, 0.5) is 0 Å². The minimum atomic E-state index is -0.853. The van der Waals surface area contributed by atoms with E-state index in [1.165, 1.54) is 270 Å². The van der Waals surface area contributed by atoms with Crippen LogP contribution < -0.4 is 5.32 Å². The molecule has 0 fully saturated rings. The molecule has 0 bridgehead atoms. The Balaban J connectivity index is 3.47. The van der Waals surface area contributed by atoms with Crippen molar-refractivity contribution in [2.75, 3.05) is 13.2 Å². The van der Waals surface area contributed by atoms with Gasteiger partial charge < -0.3 is 20.3 Å². The van der Waals surface area contributed by atoms with Gasteiger partial charge >= 0.3 is 5.97 Å². The van der Waals surface area contributed by atoms with Crippen molar-refractivity contribution < 1.29 is 24.5 Å². The summed E-state index contributed by atoms with van der Waals surface area (Å²) in [4.78, 5) is 24.6. The summed E-state index contributed by atoms with van der Waals surface area (Å²) >= 11 is 0. The zero-order valence-corrected chi connectivity index (χ0v) is 50.3. The normalized spacial score (nSPS) is 12.9. The molecule has 2 atom stereocenters. The fourth-order valence-electron chi connectivity index (χ4n) is 10.2. The van der Waals surface area contributed by atoms with Gasteiger partial charge in [0.2, 0.25) is 5.91 Å². The quantitative estimate of drug-likeness (QED) is 0.0320. The van der Waals surface area contributed by atoms with Crippen molar-refractivity contribution in [3.05, 3.63) is 48.6 Å². The van der Waals surface area contributed by atoms with Gasteiger partial charge in [-0.2, -0.15) is 0 Å². The summed E-state index contributed by atoms with van der Waals surface area (Å²) in [6.07, 6.45) is 83.1. The number of ether oxygens (including phenoxy) is 1. The van der Waals surface area contributed by atoms with Gasteiger partial charge in [0.25, 0.3) is 0 Å². The molecule has 6 heteroatoms. The number of esters is 1. The van der Waals surface area contributed by atoms with E-state index >= 15 is 0 Å². The highest BCUT2D eigenvalue weighted by atomic mass is 16.5. The molecule has 0 aromatic carbocycles. The molecule has 0 saturated heterocycles. The highest BCUT2D eigenvalue weighted by Crippen LogP contribution is 2.18. The van der Waals surface area contributed by atoms with E-state index in [2.05, 4.69) is 55.6 Å². The zero-order chi connectivity index (χ0) is 54.3. The number of nitrogens with one attached hydrogen (secondary N) is 1. The smallest absolute Gasteiger partial charge is 0.305 e. The maximum atomic E-state index is 12.5. The van der Waals surface area contributed by atoms with Gasteiger partial charge in [0.15, 0.2) is 0 Å². The molecule has 440 valence electrons. The van der Waals surface area contributed by atoms with Crippen LogP contribution in [-0.2, 0) is 14.3 Å². The van der Waals surface area contributed by atoms with E-state index < -0.39 is 12.1 Å². The largest absolute Gasteiger partial charge is 0.466 e. The van der Waals surface area contributed by atoms with Crippen LogP contribution in [0.15, 0.2) is 48.6 Å². The number of rotatable bonds is 62. The van der Waals surface area contributed by atoms with Crippen LogP contribution in [0, 0.1) is 0 Å². The molecule has 0 aliphatic heterocycles. The molecule has 0 aromatic rings. The summed E-state index contributed by atoms with van der Waals surface area (Å²) in [6.45, 7) is 4.85. The summed E-state index contributed by atoms with van der Waals surface area (Å²) < 4.78 is 5.46. The third kappa shape index (κ3) is 60.9. The summed E-state index contributed by atoms with van der Waals surface area (Å²) in [5.41, 5.74) is 0. The van der Waals surface area contributed by atoms with Gasteiger partial charge in [0.05, 0.1) is 25.4 Å². The topological polar surface area (TPSA) is 95.9 Å². The van der Waals surface area contributed by atoms with Gasteiger partial charge in [0, 0.05) is 12.8 Å². The molecule has 0 spiro atoms. The molecule has 0 aliphatic carbocycles. The average Bonchev–Trinajstić information content (AvgIpc) is 3.41. The Labute approximate surface area is 467 Å². The first-order valence-electron chi connectivity index (χ1n) is 33.4. The van der Waals surface area contributed by atoms with Crippen molar-refractivity contribution >= 4 is 11.9 Å². The van der Waals surface area contributed by atoms with Crippen molar-refractivity contribution in [2.45, 2.75) is 366 Å². The number of hydrogen-bond donors (Lipinski definition) is 3. The zero-order valence-electron chi connectivity index (χ0n) is 50.3. The molecule has 6 nitrogen and oxygen atoms in total. The molecule has 0 saturated carbocycles. The maximum Gasteiger partial charge on any atom is 0.305 e. The first kappa shape index (κ1) is 72.8. The van der Waals surface area contributed by atoms with E-state index in [1.807, 2.05) is 6.08 Å². The SMILES string of the molecule is CCC/C=C\C/C=C\CCCCCCCC(=O)OCCCCCCCCCCC/C=C\CCCCCCCCCC(=O)NC(CO)C(O)/C=C/CCCCCCCCCCCCCCCCCCCCCCCCC. The average molecular weight is 1050 g/mol. The number of unbranched alkanes of at least 4 members (excludes halogenated alkanes) is 45. The molecule has 2 unspecified atom stereocenters. The molecule has 3 N–H and O–H groups in total. The summed E-state index contributed by atoms with van der Waals surface area (Å²) in [6, 6.07) is -0.637. The Morgan fingerprint density at radius 1 is 0.373 bits per heavy atom. The number of carbonyl (C=O) groups is 2. The highest BCUT2D eigenvalue weighted by molar-refractivity contribution is 5.76. The number of aliphatic hydroxyl groups excluding tert-OH is 2. The second-order valence-corrected chi connectivity index (χ2v) is 22.8. The molecule has 0 aromatic heterocycles. The number of carbonyl (C=O) groups excluding carboxylic acids is 2. The third-order valence-electron chi connectivity index (χ3n) is 15.3. The van der Waals surface area contributed by atoms with E-state index in [4.69, 9.17) is 4.74 Å². The third-order valence-corrected chi connectivity index (χ3v) is 15.3. The standard InChI is InChI=1S/C69H129NO5/c1-3-5-7-9-11-13-15-17-18-19-20-21-22-23-24-25-28-31-34-38-41-45-49-53-57-61-67(72)66(65-71)70-68(73)62-58-54-50-46-42-39-35-32-29-26-27-30-33-36-40-44-48-52-56-60-64-75-69(74)63-59-55-51-47-43-37-16-14-12-10-8-6-4-2/h8,10,14,16,26,29,57,61,66-67,71-72H,3-7,9,11-13,15,17-25,27-28,30-56,58-60,62-65H2,1-2H3,(H,70,73)/b10-8-,16-14-,29-26-,61-57+. The summed E-state index contributed by atoms with van der Waals surface area (Å²) in [5.74, 6) is -0.0837. The fourth-order valence-corrected chi connectivity index (χ4v) is 10.2. The number of allylic oxidation sites excluding steroid dienone is 7. The van der Waals surface area contributed by atoms with Gasteiger partial charge in [-0.15, -0.1) is 0 Å². The van der Waals surface area contributed by atoms with Crippen molar-refractivity contribution in [1.29, 1.82) is 0 Å². The van der Waals surface area contributed by atoms with Crippen molar-refractivity contribution in [1.82, 2.24) is 5.32 Å². The predicted octanol–water partition coefficient (Wildman–Crippen LogP) is 21.3. The molecule has 0 radical (unpaired) electrons. The van der Waals surface area contributed by atoms with E-state index in [1.54, 1.807) is 6.08 Å². The first-order valence-corrected chi connectivity index (χ1v) is 33.4. The van der Waals surface area contributed by atoms with Crippen molar-refractivity contribution in [2.24, 2.45) is 0 Å². The second kappa shape index (κ2) is 64.3. The van der Waals surface area contributed by atoms with Gasteiger partial charge in [-0.25, -0.2) is 0 Å². The van der Waals surface area contributed by atoms with Crippen LogP contribution in [0.3, 0.4) is 0 Å². The molecule has 75 heavy (non-hydrogen) atoms. The van der Waals surface area contributed by atoms with E-state index in [-0.39, 0.29) is 18.5 Å². The summed E-state index contributed by atoms with van der Waals surface area (Å²) in [7, 11) is 0. The van der Waals surface area contributed by atoms with Crippen LogP contribution in [0.2, 0.25) is 0 Å². The maximum absolute atomic E-state index is 12.5. The van der Waals surface area contributed by atoms with Crippen LogP contribution in [0.25, 0.3) is 0 Å². The number of amides is 1. The Hall–Kier alpha value is -2.18. The summed E-state index contributed by atoms with van der Waals surface area (Å²) in [5, 5.41) is 23.3. The molecule has 0 heterocycles. The molecule has 0 rings (SSSR count). The lowest BCUT2D eigenvalue weighted by atomic mass is 10.0. The van der Waals surface area contributed by atoms with Gasteiger partial charge in [-0.05, 0) is 83.5 Å². The highest BCUT2D eigenvalue weighted by Gasteiger charge is 2.18. The van der Waals surface area contributed by atoms with Gasteiger partial charge in [-0.3, -0.25) is 9.59 Å². The van der Waals surface area contributed by atoms with Crippen molar-refractivity contribution in [3.63, 3.8) is 0 Å². The van der Waals surface area contributed by atoms with Crippen LogP contribution in [0.5, 0.6) is 0 Å². The van der Waals surface area contributed by atoms with Gasteiger partial charge in [0.1, 0.15) is 0 Å². The Kier molecular flexibility index (Phi) is 62.5. The fraction of sp³-hybridized carbons (Fsp3) is 0.855. The Morgan fingerprint density at radius 3 is 1.08 bits per heavy atom. The molecule has 0 aliphatic rings. The lowest BCUT2D eigenvalue weighted by Gasteiger charge is -2.20. The molecular weight excluding hydrogens is 923 g/mol. The monoisotopic (exact) mass is 1050 g/mol. The van der Waals surface area contributed by atoms with Crippen LogP contribution in [-0.4, -0.2) is 47.4 Å². The first-order chi connectivity index (χ1) is 37.0. The molecule has 1 amide bonds. The van der Waals surface area contributed by atoms with Crippen LogP contribution >= 0.6 is 0 Å². The van der Waals surface area contributed by atoms with E-state index in [9.17, 15) is 19.8 Å². The lowest BCUT2D eigenvalue weighted by molar-refractivity contribution is -0.143. The van der Waals surface area contributed by atoms with Crippen molar-refractivity contribution in [3.8, 4) is 0 Å².